The van der Waals surface area contributed by atoms with Crippen LogP contribution in [0, 0.1) is 0 Å². The molecule has 0 heterocycles. The van der Waals surface area contributed by atoms with E-state index < -0.39 is 51.1 Å². The molecule has 0 aromatic heterocycles. The summed E-state index contributed by atoms with van der Waals surface area (Å²) < 4.78 is 32.7. The van der Waals surface area contributed by atoms with Crippen molar-refractivity contribution >= 4 is 25.7 Å². The van der Waals surface area contributed by atoms with Crippen LogP contribution in [0.5, 0.6) is 0 Å². The number of unbranched alkanes of at least 4 members (excludes halogenated alkanes) is 20. The van der Waals surface area contributed by atoms with Crippen molar-refractivity contribution < 1.29 is 47.5 Å². The first-order valence-electron chi connectivity index (χ1n) is 22.7. The number of phosphoric acid groups is 1. The van der Waals surface area contributed by atoms with Crippen molar-refractivity contribution in [2.24, 2.45) is 5.73 Å². The zero-order valence-corrected chi connectivity index (χ0v) is 37.3. The van der Waals surface area contributed by atoms with Crippen molar-refractivity contribution in [2.75, 3.05) is 19.8 Å². The Morgan fingerprint density at radius 1 is 0.534 bits per heavy atom. The van der Waals surface area contributed by atoms with Crippen LogP contribution in [0.15, 0.2) is 48.6 Å². The second-order valence-electron chi connectivity index (χ2n) is 15.2. The molecule has 0 aliphatic rings. The molecule has 0 saturated carbocycles. The molecular formula is C46H82NO10P. The topological polar surface area (TPSA) is 172 Å². The summed E-state index contributed by atoms with van der Waals surface area (Å²) in [6.07, 6.45) is 46.1. The molecule has 0 fully saturated rings. The van der Waals surface area contributed by atoms with Crippen LogP contribution in [0.1, 0.15) is 194 Å². The van der Waals surface area contributed by atoms with Crippen molar-refractivity contribution in [3.8, 4) is 0 Å². The Balaban J connectivity index is 4.42. The predicted molar refractivity (Wildman–Crippen MR) is 235 cm³/mol. The molecule has 0 amide bonds. The van der Waals surface area contributed by atoms with Crippen LogP contribution in [0.2, 0.25) is 0 Å². The van der Waals surface area contributed by atoms with Gasteiger partial charge in [-0.2, -0.15) is 0 Å². The Bertz CT molecular complexity index is 1170. The Hall–Kier alpha value is -2.56. The average molecular weight is 840 g/mol. The third-order valence-corrected chi connectivity index (χ3v) is 10.5. The minimum Gasteiger partial charge on any atom is -0.480 e. The summed E-state index contributed by atoms with van der Waals surface area (Å²) in [7, 11) is -4.73. The zero-order chi connectivity index (χ0) is 42.8. The van der Waals surface area contributed by atoms with E-state index in [2.05, 4.69) is 54.8 Å². The Morgan fingerprint density at radius 2 is 0.931 bits per heavy atom. The Labute approximate surface area is 352 Å². The maximum Gasteiger partial charge on any atom is 0.472 e. The normalized spacial score (nSPS) is 14.1. The van der Waals surface area contributed by atoms with E-state index in [0.717, 1.165) is 44.9 Å². The summed E-state index contributed by atoms with van der Waals surface area (Å²) in [6.45, 7) is 2.73. The number of aliphatic carboxylic acids is 1. The summed E-state index contributed by atoms with van der Waals surface area (Å²) >= 11 is 0. The van der Waals surface area contributed by atoms with Gasteiger partial charge in [0.25, 0.3) is 0 Å². The summed E-state index contributed by atoms with van der Waals surface area (Å²) in [5.41, 5.74) is 5.33. The molecule has 0 radical (unpaired) electrons. The summed E-state index contributed by atoms with van der Waals surface area (Å²) in [4.78, 5) is 46.0. The molecule has 0 aromatic rings. The van der Waals surface area contributed by atoms with Gasteiger partial charge in [0.15, 0.2) is 6.10 Å². The highest BCUT2D eigenvalue weighted by Crippen LogP contribution is 2.43. The molecule has 11 nitrogen and oxygen atoms in total. The molecular weight excluding hydrogens is 757 g/mol. The van der Waals surface area contributed by atoms with Gasteiger partial charge in [-0.25, -0.2) is 4.57 Å². The number of esters is 2. The van der Waals surface area contributed by atoms with E-state index in [1.165, 1.54) is 103 Å². The van der Waals surface area contributed by atoms with E-state index in [1.54, 1.807) is 0 Å². The van der Waals surface area contributed by atoms with Gasteiger partial charge < -0.3 is 25.2 Å². The molecule has 0 aliphatic heterocycles. The molecule has 0 aliphatic carbocycles. The number of hydrogen-bond donors (Lipinski definition) is 3. The molecule has 58 heavy (non-hydrogen) atoms. The highest BCUT2D eigenvalue weighted by molar-refractivity contribution is 7.47. The minimum atomic E-state index is -4.73. The first-order valence-corrected chi connectivity index (χ1v) is 24.2. The van der Waals surface area contributed by atoms with Crippen molar-refractivity contribution in [2.45, 2.75) is 206 Å². The van der Waals surface area contributed by atoms with E-state index >= 15 is 0 Å². The number of hydrogen-bond acceptors (Lipinski definition) is 9. The molecule has 4 N–H and O–H groups in total. The molecule has 0 aromatic carbocycles. The van der Waals surface area contributed by atoms with Crippen molar-refractivity contribution in [3.05, 3.63) is 48.6 Å². The third kappa shape index (κ3) is 40.2. The SMILES string of the molecule is CCCCC/C=C\C/C=C\C/C=C\C/C=C\CCCC(=O)O[C@H](COC(=O)CCCCCCCCCCCCCCCCCCC)COP(=O)(O)OC[C@H](N)C(=O)O. The fraction of sp³-hybridized carbons (Fsp3) is 0.761. The van der Waals surface area contributed by atoms with Gasteiger partial charge in [-0.05, 0) is 51.4 Å². The van der Waals surface area contributed by atoms with Crippen LogP contribution >= 0.6 is 7.82 Å². The highest BCUT2D eigenvalue weighted by atomic mass is 31.2. The first kappa shape index (κ1) is 55.4. The monoisotopic (exact) mass is 840 g/mol. The van der Waals surface area contributed by atoms with Crippen molar-refractivity contribution in [1.82, 2.24) is 0 Å². The molecule has 0 bridgehead atoms. The van der Waals surface area contributed by atoms with Crippen molar-refractivity contribution in [3.63, 3.8) is 0 Å². The van der Waals surface area contributed by atoms with Gasteiger partial charge in [0, 0.05) is 12.8 Å². The number of phosphoric ester groups is 1. The fourth-order valence-electron chi connectivity index (χ4n) is 6.00. The third-order valence-electron chi connectivity index (χ3n) is 9.58. The lowest BCUT2D eigenvalue weighted by Crippen LogP contribution is -2.34. The average Bonchev–Trinajstić information content (AvgIpc) is 3.20. The second kappa shape index (κ2) is 41.2. The number of carbonyl (C=O) groups is 3. The zero-order valence-electron chi connectivity index (χ0n) is 36.4. The van der Waals surface area contributed by atoms with Gasteiger partial charge in [-0.1, -0.05) is 178 Å². The summed E-state index contributed by atoms with van der Waals surface area (Å²) in [6, 6.07) is -1.53. The van der Waals surface area contributed by atoms with E-state index in [0.29, 0.717) is 19.3 Å². The lowest BCUT2D eigenvalue weighted by molar-refractivity contribution is -0.161. The molecule has 3 atom stereocenters. The number of allylic oxidation sites excluding steroid dienone is 8. The van der Waals surface area contributed by atoms with Gasteiger partial charge in [0.2, 0.25) is 0 Å². The Kier molecular flexibility index (Phi) is 39.4. The van der Waals surface area contributed by atoms with E-state index in [-0.39, 0.29) is 19.4 Å². The van der Waals surface area contributed by atoms with Gasteiger partial charge in [0.1, 0.15) is 12.6 Å². The molecule has 0 rings (SSSR count). The summed E-state index contributed by atoms with van der Waals surface area (Å²) in [5, 5.41) is 8.89. The Morgan fingerprint density at radius 3 is 1.41 bits per heavy atom. The number of carboxylic acids is 1. The van der Waals surface area contributed by atoms with Crippen LogP contribution in [0.4, 0.5) is 0 Å². The molecule has 1 unspecified atom stereocenters. The number of ether oxygens (including phenoxy) is 2. The lowest BCUT2D eigenvalue weighted by atomic mass is 10.0. The van der Waals surface area contributed by atoms with Gasteiger partial charge in [0.05, 0.1) is 13.2 Å². The second-order valence-corrected chi connectivity index (χ2v) is 16.6. The standard InChI is InChI=1S/C46H82NO10P/c1-3-5-7-9-11-13-15-17-19-21-23-25-27-29-31-33-35-37-44(48)54-39-42(40-55-58(52,53)56-41-43(47)46(50)51)57-45(49)38-36-34-32-30-28-26-24-22-20-18-16-14-12-10-8-6-4-2/h12,14,18,20,24,26,30,32,42-43H,3-11,13,15-17,19,21-23,25,27-29,31,33-41,47H2,1-2H3,(H,50,51)(H,52,53)/b14-12-,20-18-,26-24-,32-30-/t42-,43+/m1/s1. The molecule has 12 heteroatoms. The minimum absolute atomic E-state index is 0.0858. The first-order chi connectivity index (χ1) is 28.1. The van der Waals surface area contributed by atoms with Gasteiger partial charge in [-0.3, -0.25) is 23.4 Å². The molecule has 0 spiro atoms. The molecule has 336 valence electrons. The molecule has 0 saturated heterocycles. The number of rotatable bonds is 42. The lowest BCUT2D eigenvalue weighted by Gasteiger charge is -2.20. The highest BCUT2D eigenvalue weighted by Gasteiger charge is 2.28. The van der Waals surface area contributed by atoms with Crippen molar-refractivity contribution in [1.29, 1.82) is 0 Å². The van der Waals surface area contributed by atoms with E-state index in [1.807, 2.05) is 12.2 Å². The predicted octanol–water partition coefficient (Wildman–Crippen LogP) is 12.2. The largest absolute Gasteiger partial charge is 0.480 e. The number of carboxylic acid groups (broad SMARTS) is 1. The van der Waals surface area contributed by atoms with Crippen LogP contribution in [-0.4, -0.2) is 59.9 Å². The quantitative estimate of drug-likeness (QED) is 0.0231. The van der Waals surface area contributed by atoms with E-state index in [9.17, 15) is 23.8 Å². The number of carbonyl (C=O) groups excluding carboxylic acids is 2. The maximum absolute atomic E-state index is 12.6. The van der Waals surface area contributed by atoms with Crippen LogP contribution in [0.3, 0.4) is 0 Å². The van der Waals surface area contributed by atoms with Gasteiger partial charge >= 0.3 is 25.7 Å². The van der Waals surface area contributed by atoms with Crippen LogP contribution in [-0.2, 0) is 37.5 Å². The number of nitrogens with two attached hydrogens (primary N) is 1. The van der Waals surface area contributed by atoms with Gasteiger partial charge in [-0.15, -0.1) is 0 Å². The smallest absolute Gasteiger partial charge is 0.472 e. The summed E-state index contributed by atoms with van der Waals surface area (Å²) in [5.74, 6) is -2.45. The fourth-order valence-corrected chi connectivity index (χ4v) is 6.78. The van der Waals surface area contributed by atoms with Crippen LogP contribution in [0.25, 0.3) is 0 Å². The van der Waals surface area contributed by atoms with E-state index in [4.69, 9.17) is 24.8 Å². The van der Waals surface area contributed by atoms with Crippen LogP contribution < -0.4 is 5.73 Å². The maximum atomic E-state index is 12.6.